The van der Waals surface area contributed by atoms with Crippen LogP contribution < -0.4 is 0 Å². The molecule has 0 unspecified atom stereocenters. The molecular formula is C13H13FO3. The van der Waals surface area contributed by atoms with Crippen molar-refractivity contribution in [1.29, 1.82) is 0 Å². The van der Waals surface area contributed by atoms with Crippen LogP contribution in [0.4, 0.5) is 4.39 Å². The minimum Gasteiger partial charge on any atom is -0.457 e. The maximum Gasteiger partial charge on any atom is 0.331 e. The van der Waals surface area contributed by atoms with E-state index in [4.69, 9.17) is 9.47 Å². The molecule has 1 saturated heterocycles. The standard InChI is InChI=1S/C13H13FO3/c14-11-4-1-10(2-5-11)3-6-13(15)17-12-7-8-16-9-12/h1-6,12H,7-9H2/b6-3-/t12-/m0/s1. The van der Waals surface area contributed by atoms with Crippen molar-refractivity contribution in [2.75, 3.05) is 13.2 Å². The fourth-order valence-electron chi connectivity index (χ4n) is 1.55. The first-order valence-corrected chi connectivity index (χ1v) is 5.46. The molecule has 17 heavy (non-hydrogen) atoms. The quantitative estimate of drug-likeness (QED) is 0.596. The fourth-order valence-corrected chi connectivity index (χ4v) is 1.55. The predicted octanol–water partition coefficient (Wildman–Crippen LogP) is 2.17. The van der Waals surface area contributed by atoms with Crippen LogP contribution in [0.2, 0.25) is 0 Å². The normalized spacial score (nSPS) is 19.7. The van der Waals surface area contributed by atoms with Crippen molar-refractivity contribution in [2.24, 2.45) is 0 Å². The molecule has 0 saturated carbocycles. The molecule has 1 heterocycles. The number of rotatable bonds is 3. The molecular weight excluding hydrogens is 223 g/mol. The average Bonchev–Trinajstić information content (AvgIpc) is 2.81. The summed E-state index contributed by atoms with van der Waals surface area (Å²) in [7, 11) is 0. The molecule has 0 aromatic heterocycles. The van der Waals surface area contributed by atoms with Crippen molar-refractivity contribution < 1.29 is 18.7 Å². The minimum absolute atomic E-state index is 0.139. The van der Waals surface area contributed by atoms with E-state index in [9.17, 15) is 9.18 Å². The Morgan fingerprint density at radius 1 is 1.41 bits per heavy atom. The number of carbonyl (C=O) groups is 1. The van der Waals surface area contributed by atoms with Gasteiger partial charge in [0.25, 0.3) is 0 Å². The molecule has 4 heteroatoms. The Kier molecular flexibility index (Phi) is 3.88. The van der Waals surface area contributed by atoms with Crippen LogP contribution in [0.1, 0.15) is 12.0 Å². The second-order valence-electron chi connectivity index (χ2n) is 3.81. The monoisotopic (exact) mass is 236 g/mol. The van der Waals surface area contributed by atoms with Crippen LogP contribution in [0.3, 0.4) is 0 Å². The molecule has 90 valence electrons. The third kappa shape index (κ3) is 3.67. The number of halogens is 1. The Labute approximate surface area is 98.8 Å². The van der Waals surface area contributed by atoms with E-state index >= 15 is 0 Å². The maximum atomic E-state index is 12.6. The molecule has 1 atom stereocenters. The van der Waals surface area contributed by atoms with Crippen LogP contribution in [-0.4, -0.2) is 25.3 Å². The molecule has 1 aromatic carbocycles. The van der Waals surface area contributed by atoms with Crippen molar-refractivity contribution >= 4 is 12.0 Å². The molecule has 1 aliphatic rings. The lowest BCUT2D eigenvalue weighted by atomic mass is 10.2. The lowest BCUT2D eigenvalue weighted by molar-refractivity contribution is -0.142. The van der Waals surface area contributed by atoms with Crippen LogP contribution in [0, 0.1) is 5.82 Å². The van der Waals surface area contributed by atoms with Crippen LogP contribution in [0.15, 0.2) is 30.3 Å². The van der Waals surface area contributed by atoms with Crippen LogP contribution in [0.25, 0.3) is 6.08 Å². The first-order valence-electron chi connectivity index (χ1n) is 5.46. The van der Waals surface area contributed by atoms with E-state index in [1.807, 2.05) is 0 Å². The Bertz CT molecular complexity index is 405. The number of hydrogen-bond acceptors (Lipinski definition) is 3. The predicted molar refractivity (Wildman–Crippen MR) is 60.8 cm³/mol. The van der Waals surface area contributed by atoms with Crippen molar-refractivity contribution in [3.8, 4) is 0 Å². The molecule has 0 spiro atoms. The number of hydrogen-bond donors (Lipinski definition) is 0. The Morgan fingerprint density at radius 2 is 2.18 bits per heavy atom. The summed E-state index contributed by atoms with van der Waals surface area (Å²) in [6.45, 7) is 1.11. The van der Waals surface area contributed by atoms with Gasteiger partial charge in [0.05, 0.1) is 13.2 Å². The van der Waals surface area contributed by atoms with Crippen LogP contribution in [0.5, 0.6) is 0 Å². The van der Waals surface area contributed by atoms with Gasteiger partial charge in [0.2, 0.25) is 0 Å². The van der Waals surface area contributed by atoms with E-state index in [1.165, 1.54) is 18.2 Å². The maximum absolute atomic E-state index is 12.6. The summed E-state index contributed by atoms with van der Waals surface area (Å²) in [5, 5.41) is 0. The molecule has 0 N–H and O–H groups in total. The van der Waals surface area contributed by atoms with Crippen LogP contribution in [-0.2, 0) is 14.3 Å². The second-order valence-corrected chi connectivity index (χ2v) is 3.81. The summed E-state index contributed by atoms with van der Waals surface area (Å²) in [4.78, 5) is 11.4. The van der Waals surface area contributed by atoms with Gasteiger partial charge in [0.1, 0.15) is 11.9 Å². The van der Waals surface area contributed by atoms with Crippen molar-refractivity contribution in [3.63, 3.8) is 0 Å². The summed E-state index contributed by atoms with van der Waals surface area (Å²) in [5.74, 6) is -0.697. The number of esters is 1. The molecule has 3 nitrogen and oxygen atoms in total. The van der Waals surface area contributed by atoms with Gasteiger partial charge in [-0.1, -0.05) is 12.1 Å². The largest absolute Gasteiger partial charge is 0.457 e. The van der Waals surface area contributed by atoms with Gasteiger partial charge in [-0.3, -0.25) is 0 Å². The van der Waals surface area contributed by atoms with Gasteiger partial charge >= 0.3 is 5.97 Å². The summed E-state index contributed by atoms with van der Waals surface area (Å²) in [6, 6.07) is 5.88. The first-order chi connectivity index (χ1) is 8.24. The molecule has 0 amide bonds. The molecule has 0 radical (unpaired) electrons. The average molecular weight is 236 g/mol. The highest BCUT2D eigenvalue weighted by Crippen LogP contribution is 2.09. The van der Waals surface area contributed by atoms with Crippen molar-refractivity contribution in [1.82, 2.24) is 0 Å². The summed E-state index contributed by atoms with van der Waals surface area (Å²) in [6.07, 6.45) is 3.54. The molecule has 2 rings (SSSR count). The highest BCUT2D eigenvalue weighted by atomic mass is 19.1. The lowest BCUT2D eigenvalue weighted by Gasteiger charge is -2.06. The lowest BCUT2D eigenvalue weighted by Crippen LogP contribution is -2.16. The number of carbonyl (C=O) groups excluding carboxylic acids is 1. The zero-order valence-corrected chi connectivity index (χ0v) is 9.27. The smallest absolute Gasteiger partial charge is 0.331 e. The molecule has 0 bridgehead atoms. The summed E-state index contributed by atoms with van der Waals surface area (Å²) >= 11 is 0. The first kappa shape index (κ1) is 11.8. The number of ether oxygens (including phenoxy) is 2. The Hall–Kier alpha value is -1.68. The van der Waals surface area contributed by atoms with E-state index in [0.717, 1.165) is 12.0 Å². The zero-order valence-electron chi connectivity index (χ0n) is 9.27. The van der Waals surface area contributed by atoms with Gasteiger partial charge in [-0.25, -0.2) is 9.18 Å². The van der Waals surface area contributed by atoms with E-state index in [-0.39, 0.29) is 11.9 Å². The highest BCUT2D eigenvalue weighted by molar-refractivity contribution is 5.87. The van der Waals surface area contributed by atoms with E-state index in [1.54, 1.807) is 18.2 Å². The SMILES string of the molecule is O=C(/C=C\c1ccc(F)cc1)O[C@H]1CCOC1. The third-order valence-electron chi connectivity index (χ3n) is 2.45. The topological polar surface area (TPSA) is 35.5 Å². The summed E-state index contributed by atoms with van der Waals surface area (Å²) in [5.41, 5.74) is 0.756. The third-order valence-corrected chi connectivity index (χ3v) is 2.45. The second kappa shape index (κ2) is 5.59. The highest BCUT2D eigenvalue weighted by Gasteiger charge is 2.18. The number of benzene rings is 1. The fraction of sp³-hybridized carbons (Fsp3) is 0.308. The van der Waals surface area contributed by atoms with Gasteiger partial charge < -0.3 is 9.47 Å². The van der Waals surface area contributed by atoms with Crippen molar-refractivity contribution in [3.05, 3.63) is 41.7 Å². The van der Waals surface area contributed by atoms with Gasteiger partial charge in [-0.05, 0) is 23.8 Å². The van der Waals surface area contributed by atoms with Gasteiger partial charge in [-0.15, -0.1) is 0 Å². The van der Waals surface area contributed by atoms with Gasteiger partial charge in [0, 0.05) is 12.5 Å². The summed E-state index contributed by atoms with van der Waals surface area (Å²) < 4.78 is 22.8. The van der Waals surface area contributed by atoms with Crippen LogP contribution >= 0.6 is 0 Å². The molecule has 1 aliphatic heterocycles. The van der Waals surface area contributed by atoms with E-state index in [0.29, 0.717) is 13.2 Å². The molecule has 1 aromatic rings. The Morgan fingerprint density at radius 3 is 2.82 bits per heavy atom. The zero-order chi connectivity index (χ0) is 12.1. The van der Waals surface area contributed by atoms with Crippen molar-refractivity contribution in [2.45, 2.75) is 12.5 Å². The van der Waals surface area contributed by atoms with Gasteiger partial charge in [-0.2, -0.15) is 0 Å². The Balaban J connectivity index is 1.86. The van der Waals surface area contributed by atoms with E-state index in [2.05, 4.69) is 0 Å². The van der Waals surface area contributed by atoms with E-state index < -0.39 is 5.97 Å². The van der Waals surface area contributed by atoms with Gasteiger partial charge in [0.15, 0.2) is 0 Å². The molecule has 0 aliphatic carbocycles. The molecule has 1 fully saturated rings. The minimum atomic E-state index is -0.398.